The van der Waals surface area contributed by atoms with Crippen molar-refractivity contribution in [2.75, 3.05) is 0 Å². The fraction of sp³-hybridized carbons (Fsp3) is 0.552. The largest absolute Gasteiger partial charge is 0.462 e. The summed E-state index contributed by atoms with van der Waals surface area (Å²) in [7, 11) is 0. The predicted molar refractivity (Wildman–Crippen MR) is 128 cm³/mol. The van der Waals surface area contributed by atoms with Crippen LogP contribution in [0.15, 0.2) is 24.3 Å². The Balaban J connectivity index is 1.56. The topological polar surface area (TPSA) is 26.3 Å². The van der Waals surface area contributed by atoms with E-state index in [0.717, 1.165) is 51.4 Å². The second-order valence-corrected chi connectivity index (χ2v) is 10.1. The molecule has 1 aliphatic heterocycles. The predicted octanol–water partition coefficient (Wildman–Crippen LogP) is 8.57. The first kappa shape index (κ1) is 25.7. The number of benzene rings is 2. The fourth-order valence-electron chi connectivity index (χ4n) is 5.88. The van der Waals surface area contributed by atoms with E-state index < -0.39 is 35.2 Å². The average molecular weight is 491 g/mol. The third-order valence-corrected chi connectivity index (χ3v) is 7.83. The molecule has 2 atom stereocenters. The molecule has 0 amide bonds. The maximum atomic E-state index is 15.1. The first-order valence-corrected chi connectivity index (χ1v) is 13.0. The molecule has 0 N–H and O–H groups in total. The third kappa shape index (κ3) is 5.26. The Hall–Kier alpha value is -2.37. The lowest BCUT2D eigenvalue weighted by atomic mass is 9.77. The molecule has 4 rings (SSSR count). The van der Waals surface area contributed by atoms with Crippen LogP contribution < -0.4 is 0 Å². The summed E-state index contributed by atoms with van der Waals surface area (Å²) in [6.07, 6.45) is 8.19. The zero-order valence-corrected chi connectivity index (χ0v) is 20.5. The highest BCUT2D eigenvalue weighted by molar-refractivity contribution is 5.79. The summed E-state index contributed by atoms with van der Waals surface area (Å²) in [6, 6.07) is 5.37. The third-order valence-electron chi connectivity index (χ3n) is 7.83. The molecular weight excluding hydrogens is 456 g/mol. The van der Waals surface area contributed by atoms with Crippen LogP contribution in [0.5, 0.6) is 0 Å². The molecule has 2 aromatic rings. The second kappa shape index (κ2) is 11.1. The van der Waals surface area contributed by atoms with Crippen molar-refractivity contribution >= 4 is 5.97 Å². The minimum Gasteiger partial charge on any atom is -0.462 e. The minimum atomic E-state index is -1.28. The van der Waals surface area contributed by atoms with Gasteiger partial charge in [0.15, 0.2) is 23.3 Å². The van der Waals surface area contributed by atoms with Gasteiger partial charge in [0.1, 0.15) is 6.10 Å². The Bertz CT molecular complexity index is 1060. The van der Waals surface area contributed by atoms with Gasteiger partial charge in [-0.05, 0) is 62.3 Å². The molecule has 0 spiro atoms. The zero-order chi connectivity index (χ0) is 25.1. The Morgan fingerprint density at radius 3 is 1.86 bits per heavy atom. The van der Waals surface area contributed by atoms with Crippen molar-refractivity contribution in [1.29, 1.82) is 0 Å². The molecule has 1 saturated carbocycles. The molecule has 35 heavy (non-hydrogen) atoms. The summed E-state index contributed by atoms with van der Waals surface area (Å²) >= 11 is 0. The molecular formula is C29H34F4O2. The second-order valence-electron chi connectivity index (χ2n) is 10.1. The van der Waals surface area contributed by atoms with Crippen molar-refractivity contribution < 1.29 is 27.1 Å². The standard InChI is InChI=1S/C29H34F4O2/c1-3-5-17-7-9-18(10-8-17)20-13-14-21(26(31)25(20)30)22-15-16-23(28(33)27(22)32)24-12-11-19(6-4-2)35-29(24)34/h13-19,24H,3-12H2,1-2H3. The molecule has 0 radical (unpaired) electrons. The Morgan fingerprint density at radius 1 is 0.714 bits per heavy atom. The lowest BCUT2D eigenvalue weighted by molar-refractivity contribution is -0.156. The van der Waals surface area contributed by atoms with Crippen LogP contribution in [0.2, 0.25) is 0 Å². The van der Waals surface area contributed by atoms with Gasteiger partial charge < -0.3 is 4.74 Å². The molecule has 1 heterocycles. The van der Waals surface area contributed by atoms with E-state index in [1.54, 1.807) is 0 Å². The van der Waals surface area contributed by atoms with E-state index >= 15 is 17.6 Å². The number of carbonyl (C=O) groups is 1. The first-order valence-electron chi connectivity index (χ1n) is 13.0. The van der Waals surface area contributed by atoms with Crippen LogP contribution in [0.3, 0.4) is 0 Å². The van der Waals surface area contributed by atoms with E-state index in [1.807, 2.05) is 6.92 Å². The molecule has 2 aromatic carbocycles. The van der Waals surface area contributed by atoms with Gasteiger partial charge in [0.2, 0.25) is 0 Å². The Morgan fingerprint density at radius 2 is 1.29 bits per heavy atom. The van der Waals surface area contributed by atoms with Crippen molar-refractivity contribution in [3.05, 3.63) is 58.7 Å². The number of hydrogen-bond donors (Lipinski definition) is 0. The lowest BCUT2D eigenvalue weighted by Gasteiger charge is -2.29. The first-order chi connectivity index (χ1) is 16.8. The smallest absolute Gasteiger partial charge is 0.313 e. The normalized spacial score (nSPS) is 24.9. The molecule has 2 aliphatic rings. The zero-order valence-electron chi connectivity index (χ0n) is 20.5. The molecule has 6 heteroatoms. The summed E-state index contributed by atoms with van der Waals surface area (Å²) in [4.78, 5) is 12.4. The Labute approximate surface area is 205 Å². The molecule has 0 aromatic heterocycles. The summed E-state index contributed by atoms with van der Waals surface area (Å²) in [5.74, 6) is -5.54. The van der Waals surface area contributed by atoms with Gasteiger partial charge in [-0.3, -0.25) is 4.79 Å². The number of halogens is 4. The molecule has 2 nitrogen and oxygen atoms in total. The van der Waals surface area contributed by atoms with Crippen LogP contribution in [0, 0.1) is 29.2 Å². The summed E-state index contributed by atoms with van der Waals surface area (Å²) < 4.78 is 65.7. The van der Waals surface area contributed by atoms with E-state index in [4.69, 9.17) is 4.74 Å². The van der Waals surface area contributed by atoms with Gasteiger partial charge in [-0.15, -0.1) is 0 Å². The van der Waals surface area contributed by atoms with Crippen molar-refractivity contribution in [3.63, 3.8) is 0 Å². The van der Waals surface area contributed by atoms with Crippen LogP contribution in [0.4, 0.5) is 17.6 Å². The van der Waals surface area contributed by atoms with Crippen LogP contribution >= 0.6 is 0 Å². The summed E-state index contributed by atoms with van der Waals surface area (Å²) in [5, 5.41) is 0. The number of esters is 1. The minimum absolute atomic E-state index is 0.0653. The number of ether oxygens (including phenoxy) is 1. The number of carbonyl (C=O) groups excluding carboxylic acids is 1. The van der Waals surface area contributed by atoms with Gasteiger partial charge in [-0.2, -0.15) is 0 Å². The molecule has 1 saturated heterocycles. The van der Waals surface area contributed by atoms with Gasteiger partial charge in [0, 0.05) is 16.7 Å². The number of rotatable bonds is 7. The van der Waals surface area contributed by atoms with Crippen LogP contribution in [0.25, 0.3) is 11.1 Å². The SMILES string of the molecule is CCCC1CCC(c2ccc(-c3ccc(C4CCC(CCC)OC4=O)c(F)c3F)c(F)c2F)CC1. The van der Waals surface area contributed by atoms with Crippen molar-refractivity contribution in [1.82, 2.24) is 0 Å². The summed E-state index contributed by atoms with van der Waals surface area (Å²) in [5.41, 5.74) is -0.463. The molecule has 2 fully saturated rings. The highest BCUT2D eigenvalue weighted by Crippen LogP contribution is 2.41. The molecule has 190 valence electrons. The number of cyclic esters (lactones) is 1. The van der Waals surface area contributed by atoms with Gasteiger partial charge in [0.25, 0.3) is 0 Å². The van der Waals surface area contributed by atoms with Crippen molar-refractivity contribution in [3.8, 4) is 11.1 Å². The monoisotopic (exact) mass is 490 g/mol. The van der Waals surface area contributed by atoms with E-state index in [0.29, 0.717) is 24.3 Å². The highest BCUT2D eigenvalue weighted by atomic mass is 19.2. The molecule has 2 unspecified atom stereocenters. The number of hydrogen-bond acceptors (Lipinski definition) is 2. The van der Waals surface area contributed by atoms with E-state index in [9.17, 15) is 4.79 Å². The van der Waals surface area contributed by atoms with E-state index in [1.165, 1.54) is 24.3 Å². The van der Waals surface area contributed by atoms with Gasteiger partial charge >= 0.3 is 5.97 Å². The van der Waals surface area contributed by atoms with Crippen LogP contribution in [-0.2, 0) is 9.53 Å². The quantitative estimate of drug-likeness (QED) is 0.287. The van der Waals surface area contributed by atoms with Gasteiger partial charge in [0.05, 0.1) is 5.92 Å². The average Bonchev–Trinajstić information content (AvgIpc) is 2.85. The van der Waals surface area contributed by atoms with Gasteiger partial charge in [-0.25, -0.2) is 17.6 Å². The van der Waals surface area contributed by atoms with Crippen molar-refractivity contribution in [2.45, 2.75) is 96.0 Å². The van der Waals surface area contributed by atoms with Crippen molar-refractivity contribution in [2.24, 2.45) is 5.92 Å². The fourth-order valence-corrected chi connectivity index (χ4v) is 5.88. The Kier molecular flexibility index (Phi) is 8.18. The molecule has 0 bridgehead atoms. The maximum Gasteiger partial charge on any atom is 0.313 e. The van der Waals surface area contributed by atoms with E-state index in [2.05, 4.69) is 6.92 Å². The van der Waals surface area contributed by atoms with Crippen LogP contribution in [-0.4, -0.2) is 12.1 Å². The molecule has 1 aliphatic carbocycles. The van der Waals surface area contributed by atoms with Gasteiger partial charge in [-0.1, -0.05) is 57.4 Å². The van der Waals surface area contributed by atoms with Crippen LogP contribution in [0.1, 0.15) is 101 Å². The maximum absolute atomic E-state index is 15.1. The highest BCUT2D eigenvalue weighted by Gasteiger charge is 2.34. The van der Waals surface area contributed by atoms with E-state index in [-0.39, 0.29) is 28.7 Å². The summed E-state index contributed by atoms with van der Waals surface area (Å²) in [6.45, 7) is 4.14. The lowest BCUT2D eigenvalue weighted by Crippen LogP contribution is -2.30.